The molecular formula is C10H11BrO2. The lowest BCUT2D eigenvalue weighted by molar-refractivity contribution is 0.205. The lowest BCUT2D eigenvalue weighted by Crippen LogP contribution is -2.08. The second kappa shape index (κ2) is 3.68. The zero-order valence-corrected chi connectivity index (χ0v) is 8.75. The third kappa shape index (κ3) is 1.86. The van der Waals surface area contributed by atoms with Crippen molar-refractivity contribution in [3.05, 3.63) is 28.6 Å². The van der Waals surface area contributed by atoms with Crippen LogP contribution in [0.2, 0.25) is 0 Å². The van der Waals surface area contributed by atoms with E-state index < -0.39 is 0 Å². The Morgan fingerprint density at radius 3 is 3.00 bits per heavy atom. The molecule has 0 amide bonds. The highest BCUT2D eigenvalue weighted by molar-refractivity contribution is 9.10. The van der Waals surface area contributed by atoms with Crippen molar-refractivity contribution < 1.29 is 9.52 Å². The van der Waals surface area contributed by atoms with Gasteiger partial charge in [0, 0.05) is 0 Å². The molecule has 1 heterocycles. The van der Waals surface area contributed by atoms with Crippen LogP contribution in [0.4, 0.5) is 0 Å². The van der Waals surface area contributed by atoms with E-state index in [-0.39, 0.29) is 6.10 Å². The molecule has 70 valence electrons. The molecule has 2 nitrogen and oxygen atoms in total. The summed E-state index contributed by atoms with van der Waals surface area (Å²) in [5.41, 5.74) is 1.11. The maximum Gasteiger partial charge on any atom is 0.143 e. The molecular weight excluding hydrogens is 232 g/mol. The van der Waals surface area contributed by atoms with Crippen LogP contribution in [0.3, 0.4) is 0 Å². The Morgan fingerprint density at radius 1 is 1.54 bits per heavy atom. The number of aliphatic hydroxyl groups is 1. The van der Waals surface area contributed by atoms with Crippen molar-refractivity contribution in [1.29, 1.82) is 0 Å². The smallest absolute Gasteiger partial charge is 0.143 e. The number of aliphatic hydroxyl groups excluding tert-OH is 1. The third-order valence-corrected chi connectivity index (χ3v) is 2.87. The van der Waals surface area contributed by atoms with Crippen LogP contribution in [0.25, 0.3) is 5.57 Å². The van der Waals surface area contributed by atoms with E-state index in [1.54, 1.807) is 6.26 Å². The Balaban J connectivity index is 2.30. The Bertz CT molecular complexity index is 327. The SMILES string of the molecule is OC1C=C(c2occc2Br)CCC1. The summed E-state index contributed by atoms with van der Waals surface area (Å²) in [7, 11) is 0. The number of halogens is 1. The second-order valence-electron chi connectivity index (χ2n) is 3.25. The Labute approximate surface area is 85.4 Å². The molecule has 0 bridgehead atoms. The van der Waals surface area contributed by atoms with Gasteiger partial charge in [-0.2, -0.15) is 0 Å². The lowest BCUT2D eigenvalue weighted by Gasteiger charge is -2.15. The summed E-state index contributed by atoms with van der Waals surface area (Å²) in [6, 6.07) is 1.87. The van der Waals surface area contributed by atoms with Crippen LogP contribution in [0.15, 0.2) is 27.3 Å². The first-order valence-electron chi connectivity index (χ1n) is 4.39. The highest BCUT2D eigenvalue weighted by Crippen LogP contribution is 2.32. The number of hydrogen-bond donors (Lipinski definition) is 1. The third-order valence-electron chi connectivity index (χ3n) is 2.25. The average Bonchev–Trinajstić information content (AvgIpc) is 2.51. The highest BCUT2D eigenvalue weighted by atomic mass is 79.9. The van der Waals surface area contributed by atoms with Gasteiger partial charge >= 0.3 is 0 Å². The average molecular weight is 243 g/mol. The molecule has 1 aliphatic carbocycles. The molecule has 0 fully saturated rings. The molecule has 1 atom stereocenters. The molecule has 0 aliphatic heterocycles. The fourth-order valence-electron chi connectivity index (χ4n) is 1.61. The van der Waals surface area contributed by atoms with Crippen molar-refractivity contribution in [3.63, 3.8) is 0 Å². The van der Waals surface area contributed by atoms with Crippen molar-refractivity contribution in [2.45, 2.75) is 25.4 Å². The summed E-state index contributed by atoms with van der Waals surface area (Å²) >= 11 is 3.41. The molecule has 0 aromatic carbocycles. The van der Waals surface area contributed by atoms with E-state index in [0.29, 0.717) is 0 Å². The van der Waals surface area contributed by atoms with Crippen molar-refractivity contribution in [2.24, 2.45) is 0 Å². The molecule has 1 unspecified atom stereocenters. The molecule has 0 radical (unpaired) electrons. The number of furan rings is 1. The molecule has 1 N–H and O–H groups in total. The summed E-state index contributed by atoms with van der Waals surface area (Å²) in [6.45, 7) is 0. The van der Waals surface area contributed by atoms with Crippen molar-refractivity contribution in [2.75, 3.05) is 0 Å². The van der Waals surface area contributed by atoms with E-state index in [1.165, 1.54) is 0 Å². The minimum Gasteiger partial charge on any atom is -0.463 e. The van der Waals surface area contributed by atoms with Crippen LogP contribution in [0.1, 0.15) is 25.0 Å². The van der Waals surface area contributed by atoms with Crippen molar-refractivity contribution in [3.8, 4) is 0 Å². The van der Waals surface area contributed by atoms with E-state index in [0.717, 1.165) is 35.1 Å². The normalized spacial score (nSPS) is 22.9. The topological polar surface area (TPSA) is 33.4 Å². The van der Waals surface area contributed by atoms with Gasteiger partial charge in [-0.1, -0.05) is 0 Å². The van der Waals surface area contributed by atoms with E-state index in [9.17, 15) is 5.11 Å². The van der Waals surface area contributed by atoms with Gasteiger partial charge in [-0.15, -0.1) is 0 Å². The van der Waals surface area contributed by atoms with Crippen LogP contribution in [-0.4, -0.2) is 11.2 Å². The zero-order valence-electron chi connectivity index (χ0n) is 7.16. The quantitative estimate of drug-likeness (QED) is 0.822. The van der Waals surface area contributed by atoms with Crippen molar-refractivity contribution >= 4 is 21.5 Å². The van der Waals surface area contributed by atoms with Crippen molar-refractivity contribution in [1.82, 2.24) is 0 Å². The molecule has 0 saturated heterocycles. The predicted octanol–water partition coefficient (Wildman–Crippen LogP) is 2.97. The second-order valence-corrected chi connectivity index (χ2v) is 4.10. The maximum absolute atomic E-state index is 9.44. The molecule has 0 saturated carbocycles. The van der Waals surface area contributed by atoms with Gasteiger partial charge in [0.1, 0.15) is 5.76 Å². The first kappa shape index (κ1) is 9.03. The van der Waals surface area contributed by atoms with Gasteiger partial charge in [0.15, 0.2) is 0 Å². The Morgan fingerprint density at radius 2 is 2.38 bits per heavy atom. The molecule has 3 heteroatoms. The van der Waals surface area contributed by atoms with Gasteiger partial charge in [0.25, 0.3) is 0 Å². The van der Waals surface area contributed by atoms with Crippen LogP contribution in [-0.2, 0) is 0 Å². The van der Waals surface area contributed by atoms with Gasteiger partial charge in [-0.3, -0.25) is 0 Å². The van der Waals surface area contributed by atoms with Gasteiger partial charge in [-0.25, -0.2) is 0 Å². The minimum absolute atomic E-state index is 0.305. The molecule has 1 aliphatic rings. The lowest BCUT2D eigenvalue weighted by atomic mass is 9.96. The maximum atomic E-state index is 9.44. The van der Waals surface area contributed by atoms with E-state index in [4.69, 9.17) is 4.42 Å². The van der Waals surface area contributed by atoms with Gasteiger partial charge in [0.05, 0.1) is 16.8 Å². The summed E-state index contributed by atoms with van der Waals surface area (Å²) < 4.78 is 6.29. The molecule has 1 aromatic heterocycles. The van der Waals surface area contributed by atoms with Gasteiger partial charge in [0.2, 0.25) is 0 Å². The fourth-order valence-corrected chi connectivity index (χ4v) is 2.07. The summed E-state index contributed by atoms with van der Waals surface area (Å²) in [5, 5.41) is 9.44. The van der Waals surface area contributed by atoms with Crippen LogP contribution >= 0.6 is 15.9 Å². The van der Waals surface area contributed by atoms with Gasteiger partial charge in [-0.05, 0) is 52.9 Å². The number of allylic oxidation sites excluding steroid dienone is 1. The molecule has 13 heavy (non-hydrogen) atoms. The van der Waals surface area contributed by atoms with Crippen LogP contribution in [0, 0.1) is 0 Å². The Kier molecular flexibility index (Phi) is 2.56. The standard InChI is InChI=1S/C10H11BrO2/c11-9-4-5-13-10(9)7-2-1-3-8(12)6-7/h4-6,8,12H,1-3H2. The predicted molar refractivity (Wildman–Crippen MR) is 54.2 cm³/mol. The van der Waals surface area contributed by atoms with Gasteiger partial charge < -0.3 is 9.52 Å². The highest BCUT2D eigenvalue weighted by Gasteiger charge is 2.16. The van der Waals surface area contributed by atoms with E-state index >= 15 is 0 Å². The molecule has 1 aromatic rings. The first-order valence-corrected chi connectivity index (χ1v) is 5.19. The summed E-state index contributed by atoms with van der Waals surface area (Å²) in [4.78, 5) is 0. The fraction of sp³-hybridized carbons (Fsp3) is 0.400. The number of hydrogen-bond acceptors (Lipinski definition) is 2. The summed E-state index contributed by atoms with van der Waals surface area (Å²) in [6.07, 6.45) is 6.11. The monoisotopic (exact) mass is 242 g/mol. The first-order chi connectivity index (χ1) is 6.27. The van der Waals surface area contributed by atoms with E-state index in [1.807, 2.05) is 12.1 Å². The summed E-state index contributed by atoms with van der Waals surface area (Å²) in [5.74, 6) is 0.860. The Hall–Kier alpha value is -0.540. The van der Waals surface area contributed by atoms with E-state index in [2.05, 4.69) is 15.9 Å². The van der Waals surface area contributed by atoms with Crippen LogP contribution in [0.5, 0.6) is 0 Å². The largest absolute Gasteiger partial charge is 0.463 e. The molecule has 0 spiro atoms. The zero-order chi connectivity index (χ0) is 9.26. The number of rotatable bonds is 1. The van der Waals surface area contributed by atoms with Crippen LogP contribution < -0.4 is 0 Å². The molecule has 2 rings (SSSR count). The minimum atomic E-state index is -0.305.